The van der Waals surface area contributed by atoms with E-state index in [4.69, 9.17) is 4.74 Å². The Balaban J connectivity index is 1.82. The Labute approximate surface area is 128 Å². The van der Waals surface area contributed by atoms with E-state index < -0.39 is 6.04 Å². The van der Waals surface area contributed by atoms with Crippen molar-refractivity contribution in [2.45, 2.75) is 19.9 Å². The van der Waals surface area contributed by atoms with Gasteiger partial charge in [-0.05, 0) is 22.9 Å². The van der Waals surface area contributed by atoms with Gasteiger partial charge in [0.1, 0.15) is 5.82 Å². The van der Waals surface area contributed by atoms with Crippen LogP contribution >= 0.6 is 0 Å². The molecule has 1 saturated heterocycles. The van der Waals surface area contributed by atoms with E-state index in [-0.39, 0.29) is 11.3 Å². The molecule has 7 nitrogen and oxygen atoms in total. The Bertz CT molecular complexity index is 651. The van der Waals surface area contributed by atoms with Gasteiger partial charge in [0.15, 0.2) is 6.04 Å². The second-order valence-corrected chi connectivity index (χ2v) is 6.01. The number of carbonyl (C=O) groups is 1. The number of nitrogens with one attached hydrogen (secondary N) is 1. The highest BCUT2D eigenvalue weighted by Crippen LogP contribution is 2.26. The van der Waals surface area contributed by atoms with Gasteiger partial charge in [-0.3, -0.25) is 4.79 Å². The van der Waals surface area contributed by atoms with Gasteiger partial charge in [0, 0.05) is 12.0 Å². The molecule has 1 aliphatic heterocycles. The van der Waals surface area contributed by atoms with Gasteiger partial charge in [0.05, 0.1) is 13.2 Å². The largest absolute Gasteiger partial charge is 0.380 e. The van der Waals surface area contributed by atoms with Gasteiger partial charge in [0.25, 0.3) is 0 Å². The highest BCUT2D eigenvalue weighted by molar-refractivity contribution is 5.83. The van der Waals surface area contributed by atoms with Crippen molar-refractivity contribution in [1.29, 1.82) is 0 Å². The molecule has 0 spiro atoms. The number of tetrazole rings is 1. The van der Waals surface area contributed by atoms with Gasteiger partial charge in [-0.2, -0.15) is 0 Å². The van der Waals surface area contributed by atoms with Gasteiger partial charge in [-0.25, -0.2) is 4.68 Å². The first-order valence-electron chi connectivity index (χ1n) is 7.24. The maximum Gasteiger partial charge on any atom is 0.249 e. The van der Waals surface area contributed by atoms with Crippen LogP contribution < -0.4 is 5.32 Å². The van der Waals surface area contributed by atoms with Gasteiger partial charge >= 0.3 is 0 Å². The monoisotopic (exact) mass is 301 g/mol. The van der Waals surface area contributed by atoms with Crippen LogP contribution in [0.15, 0.2) is 30.3 Å². The molecular formula is C15H19N5O2. The molecule has 1 unspecified atom stereocenters. The number of aromatic nitrogens is 4. The molecule has 0 radical (unpaired) electrons. The topological polar surface area (TPSA) is 81.9 Å². The predicted octanol–water partition coefficient (Wildman–Crippen LogP) is 0.724. The van der Waals surface area contributed by atoms with Gasteiger partial charge in [-0.15, -0.1) is 5.10 Å². The summed E-state index contributed by atoms with van der Waals surface area (Å²) < 4.78 is 6.76. The van der Waals surface area contributed by atoms with E-state index in [2.05, 4.69) is 27.8 Å². The summed E-state index contributed by atoms with van der Waals surface area (Å²) >= 11 is 0. The lowest BCUT2D eigenvalue weighted by Gasteiger charge is -2.38. The van der Waals surface area contributed by atoms with Crippen LogP contribution in [-0.4, -0.2) is 45.9 Å². The first-order chi connectivity index (χ1) is 10.6. The summed E-state index contributed by atoms with van der Waals surface area (Å²) in [5.74, 6) is 0.483. The number of amides is 1. The number of ether oxygens (including phenoxy) is 1. The number of rotatable bonds is 5. The summed E-state index contributed by atoms with van der Waals surface area (Å²) in [7, 11) is 0. The molecule has 2 heterocycles. The lowest BCUT2D eigenvalue weighted by molar-refractivity contribution is -0.129. The number of carbonyl (C=O) groups excluding carboxylic acids is 1. The Morgan fingerprint density at radius 3 is 2.68 bits per heavy atom. The van der Waals surface area contributed by atoms with Crippen molar-refractivity contribution in [2.24, 2.45) is 5.41 Å². The second-order valence-electron chi connectivity index (χ2n) is 6.01. The number of benzene rings is 1. The number of nitrogens with zero attached hydrogens (tertiary/aromatic N) is 4. The SMILES string of the molecule is Cc1nnnn1C(C(=O)NCC1(C)COC1)c1ccccc1. The molecule has 0 bridgehead atoms. The second kappa shape index (κ2) is 5.84. The van der Waals surface area contributed by atoms with Gasteiger partial charge in [0.2, 0.25) is 5.91 Å². The molecule has 1 fully saturated rings. The van der Waals surface area contributed by atoms with Crippen LogP contribution in [-0.2, 0) is 9.53 Å². The molecule has 116 valence electrons. The van der Waals surface area contributed by atoms with E-state index in [1.165, 1.54) is 0 Å². The Kier molecular flexibility index (Phi) is 3.89. The molecular weight excluding hydrogens is 282 g/mol. The Hall–Kier alpha value is -2.28. The summed E-state index contributed by atoms with van der Waals surface area (Å²) in [6, 6.07) is 8.95. The van der Waals surface area contributed by atoms with Crippen LogP contribution in [0.4, 0.5) is 0 Å². The van der Waals surface area contributed by atoms with Crippen molar-refractivity contribution < 1.29 is 9.53 Å². The molecule has 2 aromatic rings. The van der Waals surface area contributed by atoms with E-state index in [0.29, 0.717) is 25.6 Å². The highest BCUT2D eigenvalue weighted by atomic mass is 16.5. The third-order valence-corrected chi connectivity index (χ3v) is 3.86. The quantitative estimate of drug-likeness (QED) is 0.880. The minimum Gasteiger partial charge on any atom is -0.380 e. The third kappa shape index (κ3) is 2.85. The van der Waals surface area contributed by atoms with Gasteiger partial charge in [-0.1, -0.05) is 37.3 Å². The minimum absolute atomic E-state index is 0.0204. The van der Waals surface area contributed by atoms with E-state index in [0.717, 1.165) is 5.56 Å². The Morgan fingerprint density at radius 2 is 2.14 bits per heavy atom. The van der Waals surface area contributed by atoms with Gasteiger partial charge < -0.3 is 10.1 Å². The zero-order chi connectivity index (χ0) is 15.6. The summed E-state index contributed by atoms with van der Waals surface area (Å²) in [4.78, 5) is 12.7. The zero-order valence-electron chi connectivity index (χ0n) is 12.7. The zero-order valence-corrected chi connectivity index (χ0v) is 12.7. The summed E-state index contributed by atoms with van der Waals surface area (Å²) in [5.41, 5.74) is 0.873. The molecule has 1 aromatic heterocycles. The molecule has 1 atom stereocenters. The molecule has 0 saturated carbocycles. The standard InChI is InChI=1S/C15H19N5O2/c1-11-17-18-19-20(11)13(12-6-4-3-5-7-12)14(21)16-8-15(2)9-22-10-15/h3-7,13H,8-10H2,1-2H3,(H,16,21). The normalized spacial score (nSPS) is 17.5. The van der Waals surface area contributed by atoms with Crippen LogP contribution in [0.5, 0.6) is 0 Å². The maximum absolute atomic E-state index is 12.7. The van der Waals surface area contributed by atoms with Crippen LogP contribution in [0.3, 0.4) is 0 Å². The fraction of sp³-hybridized carbons (Fsp3) is 0.467. The Morgan fingerprint density at radius 1 is 1.41 bits per heavy atom. The molecule has 22 heavy (non-hydrogen) atoms. The van der Waals surface area contributed by atoms with E-state index in [1.807, 2.05) is 30.3 Å². The first kappa shape index (κ1) is 14.6. The highest BCUT2D eigenvalue weighted by Gasteiger charge is 2.35. The van der Waals surface area contributed by atoms with E-state index in [9.17, 15) is 4.79 Å². The number of aryl methyl sites for hydroxylation is 1. The fourth-order valence-corrected chi connectivity index (χ4v) is 2.47. The molecule has 1 N–H and O–H groups in total. The summed E-state index contributed by atoms with van der Waals surface area (Å²) in [6.45, 7) is 5.80. The number of hydrogen-bond acceptors (Lipinski definition) is 5. The average Bonchev–Trinajstić information content (AvgIpc) is 2.91. The van der Waals surface area contributed by atoms with Crippen molar-refractivity contribution >= 4 is 5.91 Å². The molecule has 0 aliphatic carbocycles. The molecule has 7 heteroatoms. The van der Waals surface area contributed by atoms with Crippen LogP contribution in [0, 0.1) is 12.3 Å². The smallest absolute Gasteiger partial charge is 0.249 e. The van der Waals surface area contributed by atoms with Crippen molar-refractivity contribution in [1.82, 2.24) is 25.5 Å². The molecule has 1 aromatic carbocycles. The van der Waals surface area contributed by atoms with Crippen LogP contribution in [0.2, 0.25) is 0 Å². The third-order valence-electron chi connectivity index (χ3n) is 3.86. The maximum atomic E-state index is 12.7. The lowest BCUT2D eigenvalue weighted by atomic mass is 9.88. The molecule has 1 amide bonds. The fourth-order valence-electron chi connectivity index (χ4n) is 2.47. The first-order valence-corrected chi connectivity index (χ1v) is 7.24. The number of hydrogen-bond donors (Lipinski definition) is 1. The summed E-state index contributed by atoms with van der Waals surface area (Å²) in [5, 5.41) is 14.5. The van der Waals surface area contributed by atoms with Crippen LogP contribution in [0.25, 0.3) is 0 Å². The van der Waals surface area contributed by atoms with Crippen LogP contribution in [0.1, 0.15) is 24.4 Å². The lowest BCUT2D eigenvalue weighted by Crippen LogP contribution is -2.49. The molecule has 3 rings (SSSR count). The average molecular weight is 301 g/mol. The van der Waals surface area contributed by atoms with E-state index >= 15 is 0 Å². The van der Waals surface area contributed by atoms with E-state index in [1.54, 1.807) is 11.6 Å². The van der Waals surface area contributed by atoms with Crippen molar-refractivity contribution in [3.8, 4) is 0 Å². The predicted molar refractivity (Wildman–Crippen MR) is 79.1 cm³/mol. The van der Waals surface area contributed by atoms with Crippen molar-refractivity contribution in [3.05, 3.63) is 41.7 Å². The van der Waals surface area contributed by atoms with Crippen molar-refractivity contribution in [3.63, 3.8) is 0 Å². The molecule has 1 aliphatic rings. The van der Waals surface area contributed by atoms with Crippen molar-refractivity contribution in [2.75, 3.05) is 19.8 Å². The minimum atomic E-state index is -0.569. The summed E-state index contributed by atoms with van der Waals surface area (Å²) in [6.07, 6.45) is 0.